The van der Waals surface area contributed by atoms with E-state index in [4.69, 9.17) is 0 Å². The summed E-state index contributed by atoms with van der Waals surface area (Å²) in [6.07, 6.45) is 0. The van der Waals surface area contributed by atoms with Crippen LogP contribution in [-0.2, 0) is 9.84 Å². The Morgan fingerprint density at radius 2 is 1.59 bits per heavy atom. The summed E-state index contributed by atoms with van der Waals surface area (Å²) < 4.78 is 22.7. The van der Waals surface area contributed by atoms with Gasteiger partial charge in [-0.15, -0.1) is 0 Å². The molecule has 1 aromatic carbocycles. The minimum atomic E-state index is -2.79. The molecule has 94 valence electrons. The fourth-order valence-electron chi connectivity index (χ4n) is 2.04. The van der Waals surface area contributed by atoms with Gasteiger partial charge in [-0.1, -0.05) is 26.0 Å². The van der Waals surface area contributed by atoms with Gasteiger partial charge in [-0.2, -0.15) is 0 Å². The number of benzene rings is 1. The lowest BCUT2D eigenvalue weighted by Gasteiger charge is -2.29. The summed E-state index contributed by atoms with van der Waals surface area (Å²) in [4.78, 5) is 2.14. The topological polar surface area (TPSA) is 37.4 Å². The first-order valence-corrected chi connectivity index (χ1v) is 7.85. The first kappa shape index (κ1) is 12.4. The number of hydrogen-bond acceptors (Lipinski definition) is 3. The van der Waals surface area contributed by atoms with E-state index in [2.05, 4.69) is 43.0 Å². The maximum absolute atomic E-state index is 11.3. The molecule has 1 aromatic rings. The maximum atomic E-state index is 11.3. The van der Waals surface area contributed by atoms with Crippen molar-refractivity contribution in [3.63, 3.8) is 0 Å². The summed E-state index contributed by atoms with van der Waals surface area (Å²) >= 11 is 0. The largest absolute Gasteiger partial charge is 0.369 e. The Labute approximate surface area is 103 Å². The van der Waals surface area contributed by atoms with Crippen LogP contribution in [0.2, 0.25) is 0 Å². The summed E-state index contributed by atoms with van der Waals surface area (Å²) in [6, 6.07) is 8.44. The van der Waals surface area contributed by atoms with Crippen molar-refractivity contribution in [3.8, 4) is 0 Å². The average molecular weight is 253 g/mol. The molecular formula is C13H19NO2S. The van der Waals surface area contributed by atoms with E-state index in [9.17, 15) is 8.42 Å². The van der Waals surface area contributed by atoms with Crippen LogP contribution in [0.4, 0.5) is 5.69 Å². The van der Waals surface area contributed by atoms with Gasteiger partial charge in [0.25, 0.3) is 0 Å². The van der Waals surface area contributed by atoms with Crippen molar-refractivity contribution in [2.24, 2.45) is 0 Å². The van der Waals surface area contributed by atoms with Crippen LogP contribution in [-0.4, -0.2) is 33.0 Å². The Hall–Kier alpha value is -1.03. The molecule has 0 radical (unpaired) electrons. The van der Waals surface area contributed by atoms with Gasteiger partial charge in [0.1, 0.15) is 0 Å². The molecule has 0 aromatic heterocycles. The van der Waals surface area contributed by atoms with Crippen molar-refractivity contribution in [3.05, 3.63) is 29.8 Å². The molecule has 0 bridgehead atoms. The second kappa shape index (κ2) is 4.69. The molecule has 1 heterocycles. The summed E-state index contributed by atoms with van der Waals surface area (Å²) in [5.41, 5.74) is 2.45. The molecule has 0 spiro atoms. The lowest BCUT2D eigenvalue weighted by Crippen LogP contribution is -2.40. The van der Waals surface area contributed by atoms with Crippen LogP contribution in [0, 0.1) is 0 Å². The van der Waals surface area contributed by atoms with Gasteiger partial charge in [-0.3, -0.25) is 0 Å². The van der Waals surface area contributed by atoms with Crippen LogP contribution in [0.25, 0.3) is 0 Å². The van der Waals surface area contributed by atoms with Crippen molar-refractivity contribution in [2.75, 3.05) is 29.5 Å². The zero-order valence-corrected chi connectivity index (χ0v) is 11.2. The van der Waals surface area contributed by atoms with Crippen LogP contribution in [0.3, 0.4) is 0 Å². The number of hydrogen-bond donors (Lipinski definition) is 0. The van der Waals surface area contributed by atoms with Gasteiger partial charge in [-0.05, 0) is 23.6 Å². The van der Waals surface area contributed by atoms with E-state index in [-0.39, 0.29) is 11.5 Å². The molecule has 4 heteroatoms. The molecule has 1 saturated heterocycles. The van der Waals surface area contributed by atoms with Gasteiger partial charge in [-0.25, -0.2) is 8.42 Å². The van der Waals surface area contributed by atoms with Crippen molar-refractivity contribution >= 4 is 15.5 Å². The van der Waals surface area contributed by atoms with Gasteiger partial charge in [0.05, 0.1) is 11.5 Å². The number of nitrogens with zero attached hydrogens (tertiary/aromatic N) is 1. The fourth-order valence-corrected chi connectivity index (χ4v) is 3.24. The van der Waals surface area contributed by atoms with E-state index in [0.29, 0.717) is 19.0 Å². The van der Waals surface area contributed by atoms with Crippen molar-refractivity contribution < 1.29 is 8.42 Å². The Kier molecular flexibility index (Phi) is 3.43. The number of sulfone groups is 1. The second-order valence-electron chi connectivity index (χ2n) is 4.89. The Morgan fingerprint density at radius 1 is 1.06 bits per heavy atom. The van der Waals surface area contributed by atoms with Crippen LogP contribution >= 0.6 is 0 Å². The molecule has 1 aliphatic rings. The molecule has 0 atom stereocenters. The summed E-state index contributed by atoms with van der Waals surface area (Å²) in [5, 5.41) is 0. The minimum absolute atomic E-state index is 0.277. The highest BCUT2D eigenvalue weighted by molar-refractivity contribution is 7.91. The summed E-state index contributed by atoms with van der Waals surface area (Å²) in [7, 11) is -2.79. The van der Waals surface area contributed by atoms with Crippen molar-refractivity contribution in [1.82, 2.24) is 0 Å². The monoisotopic (exact) mass is 253 g/mol. The molecule has 0 amide bonds. The third-order valence-corrected chi connectivity index (χ3v) is 4.88. The molecule has 0 saturated carbocycles. The molecule has 1 fully saturated rings. The van der Waals surface area contributed by atoms with E-state index in [1.807, 2.05) is 0 Å². The highest BCUT2D eigenvalue weighted by atomic mass is 32.2. The van der Waals surface area contributed by atoms with Crippen LogP contribution in [0.15, 0.2) is 24.3 Å². The van der Waals surface area contributed by atoms with Crippen LogP contribution in [0.5, 0.6) is 0 Å². The number of anilines is 1. The standard InChI is InChI=1S/C13H19NO2S/c1-11(2)12-3-5-13(6-4-12)14-7-9-17(15,16)10-8-14/h3-6,11H,7-10H2,1-2H3. The smallest absolute Gasteiger partial charge is 0.153 e. The Balaban J connectivity index is 2.09. The van der Waals surface area contributed by atoms with Gasteiger partial charge in [0.2, 0.25) is 0 Å². The van der Waals surface area contributed by atoms with E-state index in [1.165, 1.54) is 5.56 Å². The molecule has 0 unspecified atom stereocenters. The van der Waals surface area contributed by atoms with Crippen molar-refractivity contribution in [1.29, 1.82) is 0 Å². The molecule has 3 nitrogen and oxygen atoms in total. The minimum Gasteiger partial charge on any atom is -0.369 e. The first-order valence-electron chi connectivity index (χ1n) is 6.03. The molecule has 17 heavy (non-hydrogen) atoms. The number of rotatable bonds is 2. The average Bonchev–Trinajstić information content (AvgIpc) is 2.29. The van der Waals surface area contributed by atoms with Gasteiger partial charge in [0, 0.05) is 18.8 Å². The maximum Gasteiger partial charge on any atom is 0.153 e. The van der Waals surface area contributed by atoms with E-state index in [0.717, 1.165) is 5.69 Å². The predicted octanol–water partition coefficient (Wildman–Crippen LogP) is 2.04. The zero-order chi connectivity index (χ0) is 12.5. The fraction of sp³-hybridized carbons (Fsp3) is 0.538. The highest BCUT2D eigenvalue weighted by Gasteiger charge is 2.21. The van der Waals surface area contributed by atoms with Gasteiger partial charge < -0.3 is 4.90 Å². The van der Waals surface area contributed by atoms with Crippen molar-refractivity contribution in [2.45, 2.75) is 19.8 Å². The second-order valence-corrected chi connectivity index (χ2v) is 7.19. The summed E-state index contributed by atoms with van der Waals surface area (Å²) in [6.45, 7) is 5.57. The normalized spacial score (nSPS) is 19.6. The van der Waals surface area contributed by atoms with Gasteiger partial charge >= 0.3 is 0 Å². The van der Waals surface area contributed by atoms with Crippen LogP contribution < -0.4 is 4.90 Å². The third-order valence-electron chi connectivity index (χ3n) is 3.27. The Morgan fingerprint density at radius 3 is 2.06 bits per heavy atom. The van der Waals surface area contributed by atoms with E-state index < -0.39 is 9.84 Å². The molecule has 1 aliphatic heterocycles. The third kappa shape index (κ3) is 3.00. The lowest BCUT2D eigenvalue weighted by molar-refractivity contribution is 0.587. The quantitative estimate of drug-likeness (QED) is 0.809. The van der Waals surface area contributed by atoms with E-state index >= 15 is 0 Å². The molecular weight excluding hydrogens is 234 g/mol. The van der Waals surface area contributed by atoms with E-state index in [1.54, 1.807) is 0 Å². The predicted molar refractivity (Wildman–Crippen MR) is 71.4 cm³/mol. The SMILES string of the molecule is CC(C)c1ccc(N2CCS(=O)(=O)CC2)cc1. The summed E-state index contributed by atoms with van der Waals surface area (Å²) in [5.74, 6) is 1.09. The first-order chi connectivity index (χ1) is 7.98. The molecule has 0 aliphatic carbocycles. The molecule has 0 N–H and O–H groups in total. The Bertz CT molecular complexity index is 463. The van der Waals surface area contributed by atoms with Gasteiger partial charge in [0.15, 0.2) is 9.84 Å². The lowest BCUT2D eigenvalue weighted by atomic mass is 10.0. The van der Waals surface area contributed by atoms with Crippen LogP contribution in [0.1, 0.15) is 25.3 Å². The molecule has 2 rings (SSSR count). The highest BCUT2D eigenvalue weighted by Crippen LogP contribution is 2.21. The zero-order valence-electron chi connectivity index (χ0n) is 10.4.